The molecule has 12 nitrogen and oxygen atoms in total. The number of hydrogen-bond donors (Lipinski definition) is 6. The molecule has 0 heterocycles. The van der Waals surface area contributed by atoms with Crippen LogP contribution in [-0.4, -0.2) is 80.3 Å². The maximum atomic E-state index is 13.2. The van der Waals surface area contributed by atoms with Crippen molar-refractivity contribution >= 4 is 27.5 Å². The van der Waals surface area contributed by atoms with Gasteiger partial charge >= 0.3 is 6.18 Å². The lowest BCUT2D eigenvalue weighted by Crippen LogP contribution is -3.00. The number of hydrogen-bond acceptors (Lipinski definition) is 9. The van der Waals surface area contributed by atoms with E-state index in [1.807, 2.05) is 0 Å². The van der Waals surface area contributed by atoms with E-state index in [2.05, 4.69) is 10.6 Å². The third kappa shape index (κ3) is 12.9. The third-order valence-electron chi connectivity index (χ3n) is 5.79. The summed E-state index contributed by atoms with van der Waals surface area (Å²) in [6.45, 7) is 2.06. The smallest absolute Gasteiger partial charge is 0.416 e. The molecule has 0 spiro atoms. The van der Waals surface area contributed by atoms with Gasteiger partial charge in [0.1, 0.15) is 17.9 Å². The van der Waals surface area contributed by atoms with Gasteiger partial charge in [-0.15, -0.1) is 0 Å². The van der Waals surface area contributed by atoms with Gasteiger partial charge in [-0.25, -0.2) is 8.42 Å². The van der Waals surface area contributed by atoms with E-state index in [4.69, 9.17) is 21.9 Å². The zero-order chi connectivity index (χ0) is 30.8. The van der Waals surface area contributed by atoms with Crippen molar-refractivity contribution < 1.29 is 78.2 Å². The topological polar surface area (TPSA) is 203 Å². The maximum Gasteiger partial charge on any atom is 0.416 e. The third-order valence-corrected chi connectivity index (χ3v) is 7.72. The van der Waals surface area contributed by atoms with Crippen LogP contribution in [0.3, 0.4) is 0 Å². The molecule has 0 radical (unpaired) electrons. The molecule has 0 aliphatic heterocycles. The summed E-state index contributed by atoms with van der Waals surface area (Å²) in [4.78, 5) is 26.1. The van der Waals surface area contributed by atoms with Gasteiger partial charge in [-0.1, -0.05) is 12.1 Å². The highest BCUT2D eigenvalue weighted by Crippen LogP contribution is 2.30. The predicted octanol–water partition coefficient (Wildman–Crippen LogP) is -8.85. The Hall–Kier alpha value is -2.41. The molecule has 252 valence electrons. The van der Waals surface area contributed by atoms with Gasteiger partial charge in [0.2, 0.25) is 21.8 Å². The normalized spacial score (nSPS) is 13.3. The second-order valence-corrected chi connectivity index (χ2v) is 10.9. The van der Waals surface area contributed by atoms with Crippen LogP contribution in [0.1, 0.15) is 24.2 Å². The Labute approximate surface area is 272 Å². The van der Waals surface area contributed by atoms with E-state index in [1.165, 1.54) is 12.1 Å². The minimum atomic E-state index is -4.64. The minimum Gasteiger partial charge on any atom is -1.00 e. The Morgan fingerprint density at radius 1 is 0.955 bits per heavy atom. The number of nitrogens with zero attached hydrogens (tertiary/aromatic N) is 1. The average Bonchev–Trinajstić information content (AvgIpc) is 2.91. The lowest BCUT2D eigenvalue weighted by atomic mass is 9.99. The highest BCUT2D eigenvalue weighted by molar-refractivity contribution is 7.89. The summed E-state index contributed by atoms with van der Waals surface area (Å²) in [5.41, 5.74) is 15.9. The van der Waals surface area contributed by atoms with Crippen LogP contribution in [0.25, 0.3) is 0 Å². The number of aliphatic hydroxyl groups is 1. The molecule has 0 aliphatic rings. The molecule has 0 saturated heterocycles. The summed E-state index contributed by atoms with van der Waals surface area (Å²) in [6, 6.07) is 6.00. The molecule has 2 amide bonds. The minimum absolute atomic E-state index is 0. The second kappa shape index (κ2) is 19.9. The number of carbonyl (C=O) groups excluding carboxylic acids is 2. The average molecular weight is 711 g/mol. The molecular formula is C25H35Cl3F3N6O6S-3. The molecule has 19 heteroatoms. The molecule has 44 heavy (non-hydrogen) atoms. The summed E-state index contributed by atoms with van der Waals surface area (Å²) >= 11 is 0. The number of ether oxygens (including phenoxy) is 1. The van der Waals surface area contributed by atoms with Gasteiger partial charge in [-0.05, 0) is 48.9 Å². The zero-order valence-corrected chi connectivity index (χ0v) is 26.5. The molecule has 0 saturated carbocycles. The highest BCUT2D eigenvalue weighted by Gasteiger charge is 2.35. The number of amides is 2. The Morgan fingerprint density at radius 2 is 1.48 bits per heavy atom. The number of alkyl halides is 3. The van der Waals surface area contributed by atoms with E-state index in [9.17, 15) is 36.3 Å². The number of halogens is 6. The first kappa shape index (κ1) is 43.7. The van der Waals surface area contributed by atoms with Crippen LogP contribution in [0.2, 0.25) is 0 Å². The van der Waals surface area contributed by atoms with Crippen LogP contribution in [0, 0.1) is 0 Å². The first-order chi connectivity index (χ1) is 19.2. The monoisotopic (exact) mass is 709 g/mol. The van der Waals surface area contributed by atoms with E-state index in [0.29, 0.717) is 24.5 Å². The van der Waals surface area contributed by atoms with Gasteiger partial charge in [-0.3, -0.25) is 9.59 Å². The molecule has 2 aromatic carbocycles. The van der Waals surface area contributed by atoms with Gasteiger partial charge in [0.05, 0.1) is 24.0 Å². The van der Waals surface area contributed by atoms with Crippen LogP contribution in [0.5, 0.6) is 5.75 Å². The van der Waals surface area contributed by atoms with Gasteiger partial charge in [0.25, 0.3) is 0 Å². The number of anilines is 1. The number of carbonyl (C=O) groups is 2. The first-order valence-corrected chi connectivity index (χ1v) is 14.2. The Bertz CT molecular complexity index is 1260. The summed E-state index contributed by atoms with van der Waals surface area (Å²) in [5, 5.41) is 15.7. The Kier molecular flexibility index (Phi) is 19.7. The number of benzene rings is 2. The molecular weight excluding hydrogens is 676 g/mol. The molecule has 2 aromatic rings. The van der Waals surface area contributed by atoms with Crippen molar-refractivity contribution in [3.63, 3.8) is 0 Å². The largest absolute Gasteiger partial charge is 1.00 e. The van der Waals surface area contributed by atoms with Crippen molar-refractivity contribution in [1.29, 1.82) is 0 Å². The molecule has 0 fully saturated rings. The van der Waals surface area contributed by atoms with Crippen molar-refractivity contribution in [3.8, 4) is 5.75 Å². The van der Waals surface area contributed by atoms with Gasteiger partial charge in [0.15, 0.2) is 0 Å². The predicted molar refractivity (Wildman–Crippen MR) is 146 cm³/mol. The van der Waals surface area contributed by atoms with E-state index in [0.717, 1.165) is 16.4 Å². The van der Waals surface area contributed by atoms with Crippen LogP contribution in [0.15, 0.2) is 48.5 Å². The molecule has 0 aromatic heterocycles. The number of nitrogens with two attached hydrogens (primary N) is 3. The standard InChI is InChI=1S/C25H35F3N6O6S.3ClH/c1-2-40-19-9-7-18(8-10-19)32-24(37)21(22(35)16-3-5-17(6-4-16)25(26,27)28)33-23(36)20(31)15-41(38,39)34(13-11-29)14-12-30;;;/h3-10,20-22,35H,2,11-15,29-31H2,1H3,(H,32,37)(H,33,36);3*1H/p-3/t20-,21-,22+;;;/m0.../s1. The fraction of sp³-hybridized carbons (Fsp3) is 0.440. The molecule has 0 bridgehead atoms. The fourth-order valence-corrected chi connectivity index (χ4v) is 5.30. The number of nitrogens with one attached hydrogen (secondary N) is 2. The van der Waals surface area contributed by atoms with Gasteiger partial charge in [0, 0.05) is 31.9 Å². The van der Waals surface area contributed by atoms with E-state index in [1.54, 1.807) is 19.1 Å². The quantitative estimate of drug-likeness (QED) is 0.104. The summed E-state index contributed by atoms with van der Waals surface area (Å²) < 4.78 is 70.8. The molecule has 2 rings (SSSR count). The summed E-state index contributed by atoms with van der Waals surface area (Å²) in [5.74, 6) is -2.39. The Morgan fingerprint density at radius 3 is 1.93 bits per heavy atom. The lowest BCUT2D eigenvalue weighted by molar-refractivity contribution is -0.137. The van der Waals surface area contributed by atoms with Crippen molar-refractivity contribution in [2.75, 3.05) is 43.9 Å². The van der Waals surface area contributed by atoms with Gasteiger partial charge < -0.3 is 74.9 Å². The van der Waals surface area contributed by atoms with E-state index < -0.39 is 57.5 Å². The first-order valence-electron chi connectivity index (χ1n) is 12.6. The highest BCUT2D eigenvalue weighted by atomic mass is 35.5. The number of rotatable bonds is 15. The van der Waals surface area contributed by atoms with Gasteiger partial charge in [-0.2, -0.15) is 17.5 Å². The van der Waals surface area contributed by atoms with Crippen LogP contribution in [-0.2, 0) is 25.8 Å². The second-order valence-electron chi connectivity index (χ2n) is 8.86. The number of aliphatic hydroxyl groups excluding tert-OH is 1. The van der Waals surface area contributed by atoms with Crippen molar-refractivity contribution in [1.82, 2.24) is 9.62 Å². The fourth-order valence-electron chi connectivity index (χ4n) is 3.72. The van der Waals surface area contributed by atoms with Crippen LogP contribution >= 0.6 is 0 Å². The molecule has 9 N–H and O–H groups in total. The van der Waals surface area contributed by atoms with E-state index >= 15 is 0 Å². The molecule has 3 atom stereocenters. The van der Waals surface area contributed by atoms with Crippen LogP contribution in [0.4, 0.5) is 18.9 Å². The van der Waals surface area contributed by atoms with E-state index in [-0.39, 0.29) is 74.7 Å². The summed E-state index contributed by atoms with van der Waals surface area (Å²) in [7, 11) is -4.09. The number of sulfonamides is 1. The zero-order valence-electron chi connectivity index (χ0n) is 23.4. The molecule has 0 aliphatic carbocycles. The Balaban J connectivity index is 0. The van der Waals surface area contributed by atoms with Crippen LogP contribution < -0.4 is 69.8 Å². The van der Waals surface area contributed by atoms with Crippen molar-refractivity contribution in [2.24, 2.45) is 17.2 Å². The van der Waals surface area contributed by atoms with Crippen molar-refractivity contribution in [2.45, 2.75) is 31.3 Å². The summed E-state index contributed by atoms with van der Waals surface area (Å²) in [6.07, 6.45) is -6.47. The SMILES string of the molecule is CCOc1ccc(NC(=O)[C@@H](NC(=O)[C@@H](N)CS(=O)(=O)N(CCN)CCN)[C@H](O)c2ccc(C(F)(F)F)cc2)cc1.[Cl-].[Cl-].[Cl-]. The lowest BCUT2D eigenvalue weighted by Gasteiger charge is -2.26. The maximum absolute atomic E-state index is 13.2. The molecule has 0 unspecified atom stereocenters. The van der Waals surface area contributed by atoms with Crippen molar-refractivity contribution in [3.05, 3.63) is 59.7 Å².